The SMILES string of the molecule is C=C[C@@H](C)NC[C@@H](O)c1ccc2ccccc2c1. The Morgan fingerprint density at radius 3 is 2.67 bits per heavy atom. The van der Waals surface area contributed by atoms with E-state index in [-0.39, 0.29) is 6.04 Å². The second-order valence-electron chi connectivity index (χ2n) is 4.56. The quantitative estimate of drug-likeness (QED) is 0.789. The number of benzene rings is 2. The highest BCUT2D eigenvalue weighted by Gasteiger charge is 2.08. The summed E-state index contributed by atoms with van der Waals surface area (Å²) in [4.78, 5) is 0. The van der Waals surface area contributed by atoms with Crippen molar-refractivity contribution >= 4 is 10.8 Å². The van der Waals surface area contributed by atoms with Gasteiger partial charge in [0.1, 0.15) is 0 Å². The largest absolute Gasteiger partial charge is 0.387 e. The molecule has 0 fully saturated rings. The van der Waals surface area contributed by atoms with Crippen molar-refractivity contribution in [2.45, 2.75) is 19.1 Å². The molecule has 0 aliphatic rings. The van der Waals surface area contributed by atoms with Crippen molar-refractivity contribution in [2.75, 3.05) is 6.54 Å². The zero-order valence-corrected chi connectivity index (χ0v) is 10.6. The summed E-state index contributed by atoms with van der Waals surface area (Å²) >= 11 is 0. The first kappa shape index (κ1) is 12.8. The van der Waals surface area contributed by atoms with Crippen molar-refractivity contribution in [1.82, 2.24) is 5.32 Å². The van der Waals surface area contributed by atoms with Crippen LogP contribution in [0.15, 0.2) is 55.1 Å². The van der Waals surface area contributed by atoms with Crippen LogP contribution in [-0.2, 0) is 0 Å². The van der Waals surface area contributed by atoms with Gasteiger partial charge in [0.15, 0.2) is 0 Å². The summed E-state index contributed by atoms with van der Waals surface area (Å²) in [6, 6.07) is 14.4. The Morgan fingerprint density at radius 1 is 1.22 bits per heavy atom. The smallest absolute Gasteiger partial charge is 0.0914 e. The molecule has 0 aromatic heterocycles. The number of nitrogens with one attached hydrogen (secondary N) is 1. The predicted octanol–water partition coefficient (Wildman–Crippen LogP) is 3.04. The highest BCUT2D eigenvalue weighted by atomic mass is 16.3. The van der Waals surface area contributed by atoms with Crippen molar-refractivity contribution in [3.8, 4) is 0 Å². The molecule has 0 aliphatic carbocycles. The van der Waals surface area contributed by atoms with Crippen LogP contribution in [-0.4, -0.2) is 17.7 Å². The molecular weight excluding hydrogens is 222 g/mol. The van der Waals surface area contributed by atoms with E-state index in [9.17, 15) is 5.11 Å². The van der Waals surface area contributed by atoms with E-state index in [1.807, 2.05) is 43.3 Å². The van der Waals surface area contributed by atoms with Crippen LogP contribution in [0.1, 0.15) is 18.6 Å². The third kappa shape index (κ3) is 2.97. The van der Waals surface area contributed by atoms with Gasteiger partial charge in [0, 0.05) is 12.6 Å². The van der Waals surface area contributed by atoms with E-state index in [0.29, 0.717) is 6.54 Å². The Hall–Kier alpha value is -1.64. The summed E-state index contributed by atoms with van der Waals surface area (Å²) in [5.74, 6) is 0. The molecule has 0 unspecified atom stereocenters. The summed E-state index contributed by atoms with van der Waals surface area (Å²) in [6.07, 6.45) is 1.34. The molecule has 2 aromatic rings. The van der Waals surface area contributed by atoms with E-state index < -0.39 is 6.10 Å². The van der Waals surface area contributed by atoms with E-state index in [1.54, 1.807) is 0 Å². The van der Waals surface area contributed by atoms with Crippen LogP contribution >= 0.6 is 0 Å². The number of aliphatic hydroxyl groups excluding tert-OH is 1. The highest BCUT2D eigenvalue weighted by molar-refractivity contribution is 5.83. The lowest BCUT2D eigenvalue weighted by molar-refractivity contribution is 0.173. The van der Waals surface area contributed by atoms with Gasteiger partial charge < -0.3 is 10.4 Å². The van der Waals surface area contributed by atoms with Crippen molar-refractivity contribution in [3.05, 3.63) is 60.7 Å². The van der Waals surface area contributed by atoms with Gasteiger partial charge >= 0.3 is 0 Å². The molecule has 0 radical (unpaired) electrons. The molecule has 0 saturated heterocycles. The number of rotatable bonds is 5. The van der Waals surface area contributed by atoms with Gasteiger partial charge in [-0.05, 0) is 29.3 Å². The normalized spacial score (nSPS) is 14.3. The minimum atomic E-state index is -0.489. The zero-order valence-electron chi connectivity index (χ0n) is 10.6. The molecular formula is C16H19NO. The topological polar surface area (TPSA) is 32.3 Å². The average molecular weight is 241 g/mol. The molecule has 0 saturated carbocycles. The van der Waals surface area contributed by atoms with Crippen LogP contribution in [0, 0.1) is 0 Å². The molecule has 94 valence electrons. The number of aliphatic hydroxyl groups is 1. The lowest BCUT2D eigenvalue weighted by Gasteiger charge is -2.15. The maximum atomic E-state index is 10.1. The van der Waals surface area contributed by atoms with Crippen LogP contribution < -0.4 is 5.32 Å². The van der Waals surface area contributed by atoms with Crippen LogP contribution in [0.25, 0.3) is 10.8 Å². The molecule has 2 aromatic carbocycles. The van der Waals surface area contributed by atoms with Crippen molar-refractivity contribution < 1.29 is 5.11 Å². The monoisotopic (exact) mass is 241 g/mol. The standard InChI is InChI=1S/C16H19NO/c1-3-12(2)17-11-16(18)15-9-8-13-6-4-5-7-14(13)10-15/h3-10,12,16-18H,1,11H2,2H3/t12-,16-/m1/s1. The maximum Gasteiger partial charge on any atom is 0.0914 e. The third-order valence-corrected chi connectivity index (χ3v) is 3.15. The maximum absolute atomic E-state index is 10.1. The summed E-state index contributed by atoms with van der Waals surface area (Å²) in [5.41, 5.74) is 0.942. The molecule has 0 heterocycles. The van der Waals surface area contributed by atoms with Gasteiger partial charge in [-0.25, -0.2) is 0 Å². The fourth-order valence-corrected chi connectivity index (χ4v) is 1.91. The van der Waals surface area contributed by atoms with E-state index in [1.165, 1.54) is 5.39 Å². The van der Waals surface area contributed by atoms with Crippen LogP contribution in [0.2, 0.25) is 0 Å². The average Bonchev–Trinajstić information content (AvgIpc) is 2.43. The summed E-state index contributed by atoms with van der Waals surface area (Å²) < 4.78 is 0. The Morgan fingerprint density at radius 2 is 1.94 bits per heavy atom. The van der Waals surface area contributed by atoms with Crippen LogP contribution in [0.4, 0.5) is 0 Å². The highest BCUT2D eigenvalue weighted by Crippen LogP contribution is 2.20. The number of hydrogen-bond acceptors (Lipinski definition) is 2. The van der Waals surface area contributed by atoms with E-state index >= 15 is 0 Å². The fraction of sp³-hybridized carbons (Fsp3) is 0.250. The van der Waals surface area contributed by atoms with Gasteiger partial charge in [0.25, 0.3) is 0 Å². The first-order valence-corrected chi connectivity index (χ1v) is 6.23. The minimum absolute atomic E-state index is 0.208. The summed E-state index contributed by atoms with van der Waals surface area (Å²) in [6.45, 7) is 6.26. The summed E-state index contributed by atoms with van der Waals surface area (Å²) in [7, 11) is 0. The van der Waals surface area contributed by atoms with Gasteiger partial charge in [0.2, 0.25) is 0 Å². The predicted molar refractivity (Wildman–Crippen MR) is 76.6 cm³/mol. The minimum Gasteiger partial charge on any atom is -0.387 e. The van der Waals surface area contributed by atoms with Gasteiger partial charge in [-0.1, -0.05) is 42.5 Å². The molecule has 0 spiro atoms. The summed E-state index contributed by atoms with van der Waals surface area (Å²) in [5, 5.41) is 15.7. The fourth-order valence-electron chi connectivity index (χ4n) is 1.91. The van der Waals surface area contributed by atoms with Gasteiger partial charge in [-0.3, -0.25) is 0 Å². The number of fused-ring (bicyclic) bond motifs is 1. The second-order valence-corrected chi connectivity index (χ2v) is 4.56. The second kappa shape index (κ2) is 5.80. The third-order valence-electron chi connectivity index (χ3n) is 3.15. The van der Waals surface area contributed by atoms with Gasteiger partial charge in [-0.2, -0.15) is 0 Å². The Kier molecular flexibility index (Phi) is 4.13. The molecule has 2 N–H and O–H groups in total. The molecule has 2 atom stereocenters. The Labute approximate surface area is 108 Å². The molecule has 0 bridgehead atoms. The van der Waals surface area contributed by atoms with Crippen molar-refractivity contribution in [1.29, 1.82) is 0 Å². The molecule has 0 aliphatic heterocycles. The first-order valence-electron chi connectivity index (χ1n) is 6.23. The van der Waals surface area contributed by atoms with Crippen molar-refractivity contribution in [2.24, 2.45) is 0 Å². The Bertz CT molecular complexity index is 535. The molecule has 2 rings (SSSR count). The first-order chi connectivity index (χ1) is 8.70. The van der Waals surface area contributed by atoms with Crippen LogP contribution in [0.5, 0.6) is 0 Å². The van der Waals surface area contributed by atoms with Gasteiger partial charge in [-0.15, -0.1) is 6.58 Å². The van der Waals surface area contributed by atoms with E-state index in [2.05, 4.69) is 24.0 Å². The van der Waals surface area contributed by atoms with E-state index in [0.717, 1.165) is 10.9 Å². The van der Waals surface area contributed by atoms with Crippen LogP contribution in [0.3, 0.4) is 0 Å². The van der Waals surface area contributed by atoms with Gasteiger partial charge in [0.05, 0.1) is 6.10 Å². The zero-order chi connectivity index (χ0) is 13.0. The van der Waals surface area contributed by atoms with Crippen molar-refractivity contribution in [3.63, 3.8) is 0 Å². The molecule has 2 nitrogen and oxygen atoms in total. The molecule has 2 heteroatoms. The lowest BCUT2D eigenvalue weighted by atomic mass is 10.0. The number of hydrogen-bond donors (Lipinski definition) is 2. The van der Waals surface area contributed by atoms with E-state index in [4.69, 9.17) is 0 Å². The Balaban J connectivity index is 2.12. The molecule has 0 amide bonds. The lowest BCUT2D eigenvalue weighted by Crippen LogP contribution is -2.28. The molecule has 18 heavy (non-hydrogen) atoms.